The van der Waals surface area contributed by atoms with Crippen molar-refractivity contribution in [2.24, 2.45) is 4.99 Å². The van der Waals surface area contributed by atoms with Crippen LogP contribution >= 0.6 is 11.8 Å². The molecule has 0 saturated carbocycles. The Kier molecular flexibility index (Phi) is 3.36. The highest BCUT2D eigenvalue weighted by Crippen LogP contribution is 2.19. The molecule has 1 N–H and O–H groups in total. The molecule has 1 aromatic rings. The van der Waals surface area contributed by atoms with Crippen molar-refractivity contribution in [1.82, 2.24) is 5.32 Å². The van der Waals surface area contributed by atoms with Gasteiger partial charge in [0.05, 0.1) is 18.3 Å². The van der Waals surface area contributed by atoms with Gasteiger partial charge in [-0.05, 0) is 32.4 Å². The number of furan rings is 1. The second kappa shape index (κ2) is 4.75. The standard InChI is InChI=1S/C11H16N2OS/c1-8-5-7-15-11(12-8)13-9(2)10-4-3-6-14-10/h3-4,6,8-9H,5,7H2,1-2H3,(H,12,13). The molecule has 1 aliphatic rings. The molecule has 0 bridgehead atoms. The minimum atomic E-state index is 0.191. The fraction of sp³-hybridized carbons (Fsp3) is 0.545. The van der Waals surface area contributed by atoms with E-state index in [1.165, 1.54) is 6.42 Å². The van der Waals surface area contributed by atoms with Gasteiger partial charge in [-0.2, -0.15) is 0 Å². The summed E-state index contributed by atoms with van der Waals surface area (Å²) in [6.45, 7) is 4.24. The molecule has 2 atom stereocenters. The topological polar surface area (TPSA) is 37.5 Å². The predicted octanol–water partition coefficient (Wildman–Crippen LogP) is 2.81. The summed E-state index contributed by atoms with van der Waals surface area (Å²) in [4.78, 5) is 4.56. The Morgan fingerprint density at radius 2 is 2.53 bits per heavy atom. The van der Waals surface area contributed by atoms with E-state index in [4.69, 9.17) is 4.42 Å². The molecule has 3 nitrogen and oxygen atoms in total. The van der Waals surface area contributed by atoms with E-state index < -0.39 is 0 Å². The van der Waals surface area contributed by atoms with Gasteiger partial charge in [-0.15, -0.1) is 0 Å². The molecule has 0 saturated heterocycles. The van der Waals surface area contributed by atoms with Crippen LogP contribution < -0.4 is 5.32 Å². The zero-order valence-corrected chi connectivity index (χ0v) is 9.88. The van der Waals surface area contributed by atoms with E-state index in [0.717, 1.165) is 16.7 Å². The highest BCUT2D eigenvalue weighted by atomic mass is 32.2. The zero-order chi connectivity index (χ0) is 10.7. The Morgan fingerprint density at radius 1 is 1.67 bits per heavy atom. The lowest BCUT2D eigenvalue weighted by molar-refractivity contribution is 0.463. The molecule has 1 aliphatic heterocycles. The maximum atomic E-state index is 5.34. The van der Waals surface area contributed by atoms with Gasteiger partial charge in [-0.1, -0.05) is 11.8 Å². The fourth-order valence-corrected chi connectivity index (χ4v) is 2.67. The number of hydrogen-bond donors (Lipinski definition) is 1. The largest absolute Gasteiger partial charge is 0.467 e. The highest BCUT2D eigenvalue weighted by Gasteiger charge is 2.15. The van der Waals surface area contributed by atoms with Crippen LogP contribution in [0.25, 0.3) is 0 Å². The number of aliphatic imine (C=N–C) groups is 1. The smallest absolute Gasteiger partial charge is 0.157 e. The van der Waals surface area contributed by atoms with Crippen LogP contribution in [0.5, 0.6) is 0 Å². The normalized spacial score (nSPS) is 23.3. The Hall–Kier alpha value is -0.900. The van der Waals surface area contributed by atoms with E-state index in [-0.39, 0.29) is 6.04 Å². The van der Waals surface area contributed by atoms with E-state index in [0.29, 0.717) is 6.04 Å². The van der Waals surface area contributed by atoms with Gasteiger partial charge in [0.2, 0.25) is 0 Å². The summed E-state index contributed by atoms with van der Waals surface area (Å²) < 4.78 is 5.34. The van der Waals surface area contributed by atoms with Crippen molar-refractivity contribution in [3.63, 3.8) is 0 Å². The van der Waals surface area contributed by atoms with Gasteiger partial charge < -0.3 is 9.73 Å². The molecular formula is C11H16N2OS. The monoisotopic (exact) mass is 224 g/mol. The number of nitrogens with one attached hydrogen (secondary N) is 1. The molecule has 0 spiro atoms. The summed E-state index contributed by atoms with van der Waals surface area (Å²) in [6, 6.07) is 4.52. The maximum Gasteiger partial charge on any atom is 0.157 e. The average molecular weight is 224 g/mol. The van der Waals surface area contributed by atoms with Crippen LogP contribution in [0, 0.1) is 0 Å². The van der Waals surface area contributed by atoms with Gasteiger partial charge in [-0.25, -0.2) is 0 Å². The van der Waals surface area contributed by atoms with Gasteiger partial charge in [0, 0.05) is 5.75 Å². The van der Waals surface area contributed by atoms with Crippen LogP contribution in [0.15, 0.2) is 27.8 Å². The lowest BCUT2D eigenvalue weighted by Gasteiger charge is -2.20. The molecule has 1 aromatic heterocycles. The second-order valence-corrected chi connectivity index (χ2v) is 4.89. The minimum Gasteiger partial charge on any atom is -0.467 e. The fourth-order valence-electron chi connectivity index (χ4n) is 1.50. The van der Waals surface area contributed by atoms with Crippen molar-refractivity contribution in [3.05, 3.63) is 24.2 Å². The molecule has 4 heteroatoms. The number of amidine groups is 1. The molecule has 0 radical (unpaired) electrons. The van der Waals surface area contributed by atoms with Gasteiger partial charge in [0.15, 0.2) is 5.17 Å². The Labute approximate surface area is 94.3 Å². The van der Waals surface area contributed by atoms with Crippen molar-refractivity contribution in [2.45, 2.75) is 32.4 Å². The summed E-state index contributed by atoms with van der Waals surface area (Å²) >= 11 is 1.79. The average Bonchev–Trinajstić information content (AvgIpc) is 2.70. The molecule has 0 aromatic carbocycles. The lowest BCUT2D eigenvalue weighted by Crippen LogP contribution is -2.28. The second-order valence-electron chi connectivity index (χ2n) is 3.80. The maximum absolute atomic E-state index is 5.34. The Balaban J connectivity index is 1.97. The van der Waals surface area contributed by atoms with Gasteiger partial charge in [0.25, 0.3) is 0 Å². The zero-order valence-electron chi connectivity index (χ0n) is 9.06. The first kappa shape index (κ1) is 10.6. The van der Waals surface area contributed by atoms with Crippen LogP contribution in [-0.4, -0.2) is 17.0 Å². The lowest BCUT2D eigenvalue weighted by atomic mass is 10.2. The first-order valence-corrected chi connectivity index (χ1v) is 6.25. The highest BCUT2D eigenvalue weighted by molar-refractivity contribution is 8.13. The van der Waals surface area contributed by atoms with E-state index in [9.17, 15) is 0 Å². The number of rotatable bonds is 2. The summed E-state index contributed by atoms with van der Waals surface area (Å²) in [5, 5.41) is 4.41. The van der Waals surface area contributed by atoms with Crippen LogP contribution in [0.2, 0.25) is 0 Å². The van der Waals surface area contributed by atoms with E-state index in [1.807, 2.05) is 12.1 Å². The van der Waals surface area contributed by atoms with Crippen molar-refractivity contribution >= 4 is 16.9 Å². The molecule has 82 valence electrons. The third-order valence-corrected chi connectivity index (χ3v) is 3.36. The van der Waals surface area contributed by atoms with Crippen molar-refractivity contribution < 1.29 is 4.42 Å². The predicted molar refractivity (Wildman–Crippen MR) is 64.2 cm³/mol. The van der Waals surface area contributed by atoms with Crippen molar-refractivity contribution in [2.75, 3.05) is 5.75 Å². The van der Waals surface area contributed by atoms with Crippen molar-refractivity contribution in [3.8, 4) is 0 Å². The first-order chi connectivity index (χ1) is 7.25. The molecule has 2 rings (SSSR count). The summed E-state index contributed by atoms with van der Waals surface area (Å²) in [5.41, 5.74) is 0. The number of thioether (sulfide) groups is 1. The summed E-state index contributed by atoms with van der Waals surface area (Å²) in [7, 11) is 0. The molecular weight excluding hydrogens is 208 g/mol. The molecule has 15 heavy (non-hydrogen) atoms. The van der Waals surface area contributed by atoms with Gasteiger partial charge in [0.1, 0.15) is 5.76 Å². The van der Waals surface area contributed by atoms with Crippen LogP contribution in [0.4, 0.5) is 0 Å². The molecule has 0 fully saturated rings. The first-order valence-electron chi connectivity index (χ1n) is 5.26. The van der Waals surface area contributed by atoms with Crippen LogP contribution in [0.1, 0.15) is 32.1 Å². The Bertz CT molecular complexity index is 334. The van der Waals surface area contributed by atoms with Gasteiger partial charge in [-0.3, -0.25) is 4.99 Å². The van der Waals surface area contributed by atoms with E-state index in [2.05, 4.69) is 24.2 Å². The van der Waals surface area contributed by atoms with E-state index in [1.54, 1.807) is 18.0 Å². The third kappa shape index (κ3) is 2.78. The van der Waals surface area contributed by atoms with Crippen LogP contribution in [0.3, 0.4) is 0 Å². The van der Waals surface area contributed by atoms with Crippen molar-refractivity contribution in [1.29, 1.82) is 0 Å². The number of nitrogens with zero attached hydrogens (tertiary/aromatic N) is 1. The summed E-state index contributed by atoms with van der Waals surface area (Å²) in [6.07, 6.45) is 2.87. The molecule has 2 heterocycles. The minimum absolute atomic E-state index is 0.191. The third-order valence-electron chi connectivity index (χ3n) is 2.42. The van der Waals surface area contributed by atoms with Gasteiger partial charge >= 0.3 is 0 Å². The molecule has 0 aliphatic carbocycles. The molecule has 0 amide bonds. The number of hydrogen-bond acceptors (Lipinski definition) is 4. The Morgan fingerprint density at radius 3 is 3.20 bits per heavy atom. The molecule has 2 unspecified atom stereocenters. The summed E-state index contributed by atoms with van der Waals surface area (Å²) in [5.74, 6) is 2.11. The quantitative estimate of drug-likeness (QED) is 0.839. The SMILES string of the molecule is CC1CCSC(NC(C)c2ccco2)=N1. The van der Waals surface area contributed by atoms with Crippen LogP contribution in [-0.2, 0) is 0 Å². The van der Waals surface area contributed by atoms with E-state index >= 15 is 0 Å².